The topological polar surface area (TPSA) is 88.1 Å². The van der Waals surface area contributed by atoms with E-state index < -0.39 is 17.9 Å². The number of hydrogen-bond acceptors (Lipinski definition) is 5. The van der Waals surface area contributed by atoms with Gasteiger partial charge in [0.05, 0.1) is 29.8 Å². The van der Waals surface area contributed by atoms with Gasteiger partial charge in [0.15, 0.2) is 0 Å². The molecule has 1 unspecified atom stereocenters. The molecule has 1 amide bonds. The van der Waals surface area contributed by atoms with Gasteiger partial charge in [-0.25, -0.2) is 4.79 Å². The monoisotopic (exact) mass is 462 g/mol. The highest BCUT2D eigenvalue weighted by Crippen LogP contribution is 2.18. The Morgan fingerprint density at radius 3 is 2.65 bits per heavy atom. The van der Waals surface area contributed by atoms with Crippen molar-refractivity contribution in [3.8, 4) is 5.75 Å². The molecule has 1 aliphatic heterocycles. The van der Waals surface area contributed by atoms with E-state index in [1.54, 1.807) is 48.5 Å². The van der Waals surface area contributed by atoms with Gasteiger partial charge in [-0.3, -0.25) is 4.79 Å². The molecule has 0 aliphatic carbocycles. The molecule has 7 nitrogen and oxygen atoms in total. The zero-order valence-electron chi connectivity index (χ0n) is 16.9. The van der Waals surface area contributed by atoms with Crippen LogP contribution >= 0.6 is 23.8 Å². The number of rotatable bonds is 6. The summed E-state index contributed by atoms with van der Waals surface area (Å²) >= 11 is 11.4. The SMILES string of the molecule is CC1COCCN1C(=S)Oc1ccc(C[C@H](NC(=O)c2ccccc2Cl)C(=O)O)cc1. The van der Waals surface area contributed by atoms with Crippen LogP contribution < -0.4 is 10.1 Å². The largest absolute Gasteiger partial charge is 0.480 e. The number of halogens is 1. The molecule has 1 heterocycles. The van der Waals surface area contributed by atoms with Gasteiger partial charge in [-0.05, 0) is 49.0 Å². The van der Waals surface area contributed by atoms with Crippen LogP contribution in [0.3, 0.4) is 0 Å². The molecular weight excluding hydrogens is 440 g/mol. The van der Waals surface area contributed by atoms with Gasteiger partial charge in [-0.2, -0.15) is 0 Å². The zero-order valence-corrected chi connectivity index (χ0v) is 18.5. The summed E-state index contributed by atoms with van der Waals surface area (Å²) in [5, 5.41) is 12.7. The maximum absolute atomic E-state index is 12.4. The van der Waals surface area contributed by atoms with Gasteiger partial charge in [0.2, 0.25) is 0 Å². The van der Waals surface area contributed by atoms with E-state index in [1.165, 1.54) is 0 Å². The minimum atomic E-state index is -1.14. The zero-order chi connectivity index (χ0) is 22.4. The number of aliphatic carboxylic acids is 1. The Bertz CT molecular complexity index is 953. The van der Waals surface area contributed by atoms with Gasteiger partial charge in [0, 0.05) is 13.0 Å². The van der Waals surface area contributed by atoms with E-state index >= 15 is 0 Å². The van der Waals surface area contributed by atoms with Crippen LogP contribution in [0.15, 0.2) is 48.5 Å². The van der Waals surface area contributed by atoms with Gasteiger partial charge >= 0.3 is 5.97 Å². The number of carbonyl (C=O) groups is 2. The average molecular weight is 463 g/mol. The van der Waals surface area contributed by atoms with Crippen molar-refractivity contribution in [3.05, 3.63) is 64.7 Å². The molecule has 0 bridgehead atoms. The first-order valence-corrected chi connectivity index (χ1v) is 10.6. The predicted octanol–water partition coefficient (Wildman–Crippen LogP) is 3.15. The number of nitrogens with one attached hydrogen (secondary N) is 1. The third kappa shape index (κ3) is 6.16. The molecule has 1 saturated heterocycles. The van der Waals surface area contributed by atoms with Gasteiger partial charge in [0.25, 0.3) is 11.1 Å². The van der Waals surface area contributed by atoms with Crippen molar-refractivity contribution in [3.63, 3.8) is 0 Å². The van der Waals surface area contributed by atoms with Crippen LogP contribution in [-0.4, -0.2) is 58.9 Å². The molecule has 3 rings (SSSR count). The second-order valence-corrected chi connectivity index (χ2v) is 7.93. The van der Waals surface area contributed by atoms with Crippen LogP contribution in [0.5, 0.6) is 5.75 Å². The van der Waals surface area contributed by atoms with Crippen LogP contribution in [0.25, 0.3) is 0 Å². The molecule has 2 aromatic carbocycles. The Hall–Kier alpha value is -2.68. The van der Waals surface area contributed by atoms with Gasteiger partial charge in [0.1, 0.15) is 11.8 Å². The number of carboxylic acid groups (broad SMARTS) is 1. The van der Waals surface area contributed by atoms with Crippen molar-refractivity contribution >= 4 is 40.9 Å². The Labute approximate surface area is 190 Å². The fourth-order valence-electron chi connectivity index (χ4n) is 3.17. The number of morpholine rings is 1. The molecular formula is C22H23ClN2O5S. The minimum Gasteiger partial charge on any atom is -0.480 e. The summed E-state index contributed by atoms with van der Waals surface area (Å²) in [6, 6.07) is 12.5. The highest BCUT2D eigenvalue weighted by atomic mass is 35.5. The molecule has 0 spiro atoms. The molecule has 164 valence electrons. The fraction of sp³-hybridized carbons (Fsp3) is 0.318. The average Bonchev–Trinajstić information content (AvgIpc) is 2.75. The number of hydrogen-bond donors (Lipinski definition) is 2. The quantitative estimate of drug-likeness (QED) is 0.637. The number of carboxylic acids is 1. The first-order chi connectivity index (χ1) is 14.8. The first kappa shape index (κ1) is 23.0. The Morgan fingerprint density at radius 1 is 1.29 bits per heavy atom. The highest BCUT2D eigenvalue weighted by molar-refractivity contribution is 7.80. The maximum Gasteiger partial charge on any atom is 0.326 e. The van der Waals surface area contributed by atoms with Crippen molar-refractivity contribution in [2.75, 3.05) is 19.8 Å². The van der Waals surface area contributed by atoms with E-state index in [0.717, 1.165) is 5.56 Å². The van der Waals surface area contributed by atoms with E-state index in [0.29, 0.717) is 30.7 Å². The number of ether oxygens (including phenoxy) is 2. The molecule has 0 saturated carbocycles. The van der Waals surface area contributed by atoms with E-state index in [2.05, 4.69) is 5.32 Å². The van der Waals surface area contributed by atoms with Crippen LogP contribution in [0.4, 0.5) is 0 Å². The Morgan fingerprint density at radius 2 is 2.00 bits per heavy atom. The van der Waals surface area contributed by atoms with Crippen LogP contribution in [-0.2, 0) is 16.0 Å². The van der Waals surface area contributed by atoms with Crippen molar-refractivity contribution < 1.29 is 24.2 Å². The summed E-state index contributed by atoms with van der Waals surface area (Å²) in [4.78, 5) is 26.1. The molecule has 1 aliphatic rings. The number of carbonyl (C=O) groups excluding carboxylic acids is 1. The van der Waals surface area contributed by atoms with Crippen molar-refractivity contribution in [2.24, 2.45) is 0 Å². The molecule has 1 fully saturated rings. The molecule has 0 radical (unpaired) electrons. The van der Waals surface area contributed by atoms with Crippen LogP contribution in [0, 0.1) is 0 Å². The summed E-state index contributed by atoms with van der Waals surface area (Å²) in [5.74, 6) is -1.12. The normalized spacial score (nSPS) is 17.0. The van der Waals surface area contributed by atoms with Gasteiger partial charge in [-0.1, -0.05) is 35.9 Å². The Balaban J connectivity index is 1.61. The standard InChI is InChI=1S/C22H23ClN2O5S/c1-14-13-29-11-10-25(14)22(31)30-16-8-6-15(7-9-16)12-19(21(27)28)24-20(26)17-4-2-3-5-18(17)23/h2-9,14,19H,10-13H2,1H3,(H,24,26)(H,27,28)/t14?,19-/m0/s1. The van der Waals surface area contributed by atoms with E-state index in [1.807, 2.05) is 11.8 Å². The number of amides is 1. The van der Waals surface area contributed by atoms with E-state index in [9.17, 15) is 14.7 Å². The lowest BCUT2D eigenvalue weighted by molar-refractivity contribution is -0.139. The van der Waals surface area contributed by atoms with E-state index in [4.69, 9.17) is 33.3 Å². The van der Waals surface area contributed by atoms with Crippen molar-refractivity contribution in [1.82, 2.24) is 10.2 Å². The summed E-state index contributed by atoms with van der Waals surface area (Å²) in [5.41, 5.74) is 0.954. The molecule has 31 heavy (non-hydrogen) atoms. The molecule has 2 N–H and O–H groups in total. The Kier molecular flexibility index (Phi) is 7.84. The van der Waals surface area contributed by atoms with Crippen molar-refractivity contribution in [2.45, 2.75) is 25.4 Å². The third-order valence-corrected chi connectivity index (χ3v) is 5.54. The third-order valence-electron chi connectivity index (χ3n) is 4.89. The van der Waals surface area contributed by atoms with Gasteiger partial charge < -0.3 is 24.8 Å². The molecule has 2 atom stereocenters. The lowest BCUT2D eigenvalue weighted by atomic mass is 10.1. The van der Waals surface area contributed by atoms with E-state index in [-0.39, 0.29) is 23.0 Å². The smallest absolute Gasteiger partial charge is 0.326 e. The summed E-state index contributed by atoms with van der Waals surface area (Å²) in [7, 11) is 0. The van der Waals surface area contributed by atoms with Crippen LogP contribution in [0.1, 0.15) is 22.8 Å². The lowest BCUT2D eigenvalue weighted by Crippen LogP contribution is -2.48. The molecule has 2 aromatic rings. The maximum atomic E-state index is 12.4. The summed E-state index contributed by atoms with van der Waals surface area (Å²) in [6.45, 7) is 3.88. The number of benzene rings is 2. The van der Waals surface area contributed by atoms with Crippen LogP contribution in [0.2, 0.25) is 5.02 Å². The van der Waals surface area contributed by atoms with Gasteiger partial charge in [-0.15, -0.1) is 0 Å². The predicted molar refractivity (Wildman–Crippen MR) is 121 cm³/mol. The lowest BCUT2D eigenvalue weighted by Gasteiger charge is -2.34. The second kappa shape index (κ2) is 10.6. The molecule has 9 heteroatoms. The molecule has 0 aromatic heterocycles. The summed E-state index contributed by atoms with van der Waals surface area (Å²) in [6.07, 6.45) is 0.108. The number of thiocarbonyl (C=S) groups is 1. The van der Waals surface area contributed by atoms with Crippen molar-refractivity contribution in [1.29, 1.82) is 0 Å². The summed E-state index contributed by atoms with van der Waals surface area (Å²) < 4.78 is 11.2. The first-order valence-electron chi connectivity index (χ1n) is 9.78. The highest BCUT2D eigenvalue weighted by Gasteiger charge is 2.24. The second-order valence-electron chi connectivity index (χ2n) is 7.18. The fourth-order valence-corrected chi connectivity index (χ4v) is 3.76. The minimum absolute atomic E-state index is 0.108. The number of nitrogens with zero attached hydrogens (tertiary/aromatic N) is 1.